The quantitative estimate of drug-likeness (QED) is 0.504. The summed E-state index contributed by atoms with van der Waals surface area (Å²) < 4.78 is 11.7. The van der Waals surface area contributed by atoms with Crippen LogP contribution in [0.25, 0.3) is 0 Å². The standard InChI is InChI=1S/C16H22BrClO2/c1-19-14-9-12(13(17)10-15(14)20-2)16(18)11-7-5-3-4-6-8-11/h9-11,16H,3-8H2,1-2H3. The van der Waals surface area contributed by atoms with Gasteiger partial charge in [-0.1, -0.05) is 41.6 Å². The van der Waals surface area contributed by atoms with Gasteiger partial charge >= 0.3 is 0 Å². The first-order valence-electron chi connectivity index (χ1n) is 7.23. The molecule has 0 N–H and O–H groups in total. The zero-order valence-corrected chi connectivity index (χ0v) is 14.5. The summed E-state index contributed by atoms with van der Waals surface area (Å²) in [5.74, 6) is 2.02. The molecule has 0 bridgehead atoms. The third kappa shape index (κ3) is 3.62. The zero-order valence-electron chi connectivity index (χ0n) is 12.1. The van der Waals surface area contributed by atoms with E-state index < -0.39 is 0 Å². The Bertz CT molecular complexity index is 442. The molecule has 1 aromatic rings. The van der Waals surface area contributed by atoms with Crippen molar-refractivity contribution in [1.82, 2.24) is 0 Å². The van der Waals surface area contributed by atoms with E-state index >= 15 is 0 Å². The van der Waals surface area contributed by atoms with Crippen molar-refractivity contribution in [2.45, 2.75) is 43.9 Å². The van der Waals surface area contributed by atoms with Crippen LogP contribution in [0.4, 0.5) is 0 Å². The first-order chi connectivity index (χ1) is 9.67. The predicted octanol–water partition coefficient (Wildman–Crippen LogP) is 5.72. The molecule has 0 spiro atoms. The summed E-state index contributed by atoms with van der Waals surface area (Å²) in [6.07, 6.45) is 7.70. The van der Waals surface area contributed by atoms with Gasteiger partial charge in [0.15, 0.2) is 11.5 Å². The van der Waals surface area contributed by atoms with Gasteiger partial charge in [0.1, 0.15) is 0 Å². The molecule has 1 aromatic carbocycles. The summed E-state index contributed by atoms with van der Waals surface area (Å²) in [4.78, 5) is 0. The Hall–Kier alpha value is -0.410. The van der Waals surface area contributed by atoms with Crippen LogP contribution in [-0.4, -0.2) is 14.2 Å². The van der Waals surface area contributed by atoms with E-state index in [-0.39, 0.29) is 5.38 Å². The lowest BCUT2D eigenvalue weighted by atomic mass is 9.91. The fourth-order valence-corrected chi connectivity index (χ4v) is 4.07. The second kappa shape index (κ2) is 7.56. The Labute approximate surface area is 134 Å². The molecule has 1 atom stereocenters. The van der Waals surface area contributed by atoms with E-state index in [1.54, 1.807) is 14.2 Å². The van der Waals surface area contributed by atoms with Crippen molar-refractivity contribution < 1.29 is 9.47 Å². The Morgan fingerprint density at radius 3 is 2.15 bits per heavy atom. The normalized spacial score (nSPS) is 18.4. The molecule has 0 heterocycles. The van der Waals surface area contributed by atoms with E-state index in [9.17, 15) is 0 Å². The lowest BCUT2D eigenvalue weighted by Gasteiger charge is -2.23. The van der Waals surface area contributed by atoms with Gasteiger partial charge in [0.2, 0.25) is 0 Å². The van der Waals surface area contributed by atoms with Gasteiger partial charge in [0.25, 0.3) is 0 Å². The largest absolute Gasteiger partial charge is 0.493 e. The van der Waals surface area contributed by atoms with Crippen molar-refractivity contribution in [2.24, 2.45) is 5.92 Å². The van der Waals surface area contributed by atoms with Gasteiger partial charge in [-0.15, -0.1) is 11.6 Å². The van der Waals surface area contributed by atoms with Crippen LogP contribution in [-0.2, 0) is 0 Å². The molecule has 1 unspecified atom stereocenters. The maximum atomic E-state index is 6.76. The van der Waals surface area contributed by atoms with Crippen LogP contribution < -0.4 is 9.47 Å². The Balaban J connectivity index is 2.26. The van der Waals surface area contributed by atoms with Gasteiger partial charge in [-0.25, -0.2) is 0 Å². The predicted molar refractivity (Wildman–Crippen MR) is 87.0 cm³/mol. The van der Waals surface area contributed by atoms with Crippen LogP contribution in [0.2, 0.25) is 0 Å². The average Bonchev–Trinajstić information content (AvgIpc) is 2.75. The number of hydrogen-bond acceptors (Lipinski definition) is 2. The van der Waals surface area contributed by atoms with Crippen molar-refractivity contribution >= 4 is 27.5 Å². The third-order valence-electron chi connectivity index (χ3n) is 4.11. The minimum Gasteiger partial charge on any atom is -0.493 e. The second-order valence-electron chi connectivity index (χ2n) is 5.38. The highest BCUT2D eigenvalue weighted by atomic mass is 79.9. The molecule has 0 aliphatic heterocycles. The maximum absolute atomic E-state index is 6.76. The average molecular weight is 362 g/mol. The highest BCUT2D eigenvalue weighted by molar-refractivity contribution is 9.10. The van der Waals surface area contributed by atoms with Crippen LogP contribution >= 0.6 is 27.5 Å². The van der Waals surface area contributed by atoms with Gasteiger partial charge in [-0.05, 0) is 36.5 Å². The number of ether oxygens (including phenoxy) is 2. The number of rotatable bonds is 4. The van der Waals surface area contributed by atoms with Crippen LogP contribution in [0.15, 0.2) is 16.6 Å². The molecule has 0 saturated heterocycles. The molecule has 2 nitrogen and oxygen atoms in total. The fraction of sp³-hybridized carbons (Fsp3) is 0.625. The minimum atomic E-state index is 0.0299. The number of hydrogen-bond donors (Lipinski definition) is 0. The molecule has 1 saturated carbocycles. The van der Waals surface area contributed by atoms with Crippen LogP contribution in [0.1, 0.15) is 49.5 Å². The van der Waals surface area contributed by atoms with Gasteiger partial charge < -0.3 is 9.47 Å². The van der Waals surface area contributed by atoms with Gasteiger partial charge in [0.05, 0.1) is 19.6 Å². The molecule has 0 amide bonds. The maximum Gasteiger partial charge on any atom is 0.161 e. The molecule has 1 fully saturated rings. The van der Waals surface area contributed by atoms with Gasteiger partial charge in [0, 0.05) is 4.47 Å². The molecule has 1 aliphatic carbocycles. The lowest BCUT2D eigenvalue weighted by molar-refractivity contribution is 0.353. The molecule has 0 radical (unpaired) electrons. The summed E-state index contributed by atoms with van der Waals surface area (Å²) in [6, 6.07) is 3.95. The molecular weight excluding hydrogens is 340 g/mol. The Kier molecular flexibility index (Phi) is 6.03. The summed E-state index contributed by atoms with van der Waals surface area (Å²) >= 11 is 10.4. The Morgan fingerprint density at radius 2 is 1.60 bits per heavy atom. The summed E-state index contributed by atoms with van der Waals surface area (Å²) in [5.41, 5.74) is 1.11. The van der Waals surface area contributed by atoms with E-state index in [4.69, 9.17) is 21.1 Å². The van der Waals surface area contributed by atoms with Crippen molar-refractivity contribution in [3.8, 4) is 11.5 Å². The monoisotopic (exact) mass is 360 g/mol. The van der Waals surface area contributed by atoms with Crippen molar-refractivity contribution in [3.05, 3.63) is 22.2 Å². The summed E-state index contributed by atoms with van der Waals surface area (Å²) in [5, 5.41) is 0.0299. The number of halogens is 2. The number of alkyl halides is 1. The zero-order chi connectivity index (χ0) is 14.5. The molecular formula is C16H22BrClO2. The highest BCUT2D eigenvalue weighted by Gasteiger charge is 2.25. The van der Waals surface area contributed by atoms with Gasteiger partial charge in [-0.2, -0.15) is 0 Å². The van der Waals surface area contributed by atoms with Crippen LogP contribution in [0, 0.1) is 5.92 Å². The van der Waals surface area contributed by atoms with E-state index in [1.807, 2.05) is 12.1 Å². The molecule has 4 heteroatoms. The highest BCUT2D eigenvalue weighted by Crippen LogP contribution is 2.44. The molecule has 2 rings (SSSR count). The summed E-state index contributed by atoms with van der Waals surface area (Å²) in [6.45, 7) is 0. The number of methoxy groups -OCH3 is 2. The minimum absolute atomic E-state index is 0.0299. The van der Waals surface area contributed by atoms with Crippen molar-refractivity contribution in [2.75, 3.05) is 14.2 Å². The van der Waals surface area contributed by atoms with E-state index in [0.717, 1.165) is 21.5 Å². The van der Waals surface area contributed by atoms with Crippen LogP contribution in [0.5, 0.6) is 11.5 Å². The third-order valence-corrected chi connectivity index (χ3v) is 5.39. The fourth-order valence-electron chi connectivity index (χ4n) is 2.94. The molecule has 0 aromatic heterocycles. The lowest BCUT2D eigenvalue weighted by Crippen LogP contribution is -2.08. The van der Waals surface area contributed by atoms with Crippen molar-refractivity contribution in [1.29, 1.82) is 0 Å². The van der Waals surface area contributed by atoms with E-state index in [0.29, 0.717) is 5.92 Å². The smallest absolute Gasteiger partial charge is 0.161 e. The summed E-state index contributed by atoms with van der Waals surface area (Å²) in [7, 11) is 3.30. The number of benzene rings is 1. The molecule has 112 valence electrons. The molecule has 20 heavy (non-hydrogen) atoms. The Morgan fingerprint density at radius 1 is 1.05 bits per heavy atom. The van der Waals surface area contributed by atoms with Crippen LogP contribution in [0.3, 0.4) is 0 Å². The SMILES string of the molecule is COc1cc(Br)c(C(Cl)C2CCCCCC2)cc1OC. The van der Waals surface area contributed by atoms with E-state index in [2.05, 4.69) is 15.9 Å². The first-order valence-corrected chi connectivity index (χ1v) is 8.45. The van der Waals surface area contributed by atoms with Crippen molar-refractivity contribution in [3.63, 3.8) is 0 Å². The van der Waals surface area contributed by atoms with E-state index in [1.165, 1.54) is 38.5 Å². The topological polar surface area (TPSA) is 18.5 Å². The van der Waals surface area contributed by atoms with Gasteiger partial charge in [-0.3, -0.25) is 0 Å². The first kappa shape index (κ1) is 16.0. The second-order valence-corrected chi connectivity index (χ2v) is 6.71. The molecule has 1 aliphatic rings.